The molecule has 2 aromatic rings. The summed E-state index contributed by atoms with van der Waals surface area (Å²) in [6.45, 7) is -1.56. The topological polar surface area (TPSA) is 44.2 Å². The zero-order valence-corrected chi connectivity index (χ0v) is 9.81. The third-order valence-electron chi connectivity index (χ3n) is 2.20. The van der Waals surface area contributed by atoms with E-state index in [4.69, 9.17) is 4.74 Å². The van der Waals surface area contributed by atoms with Crippen molar-refractivity contribution in [3.8, 4) is 17.4 Å². The van der Waals surface area contributed by atoms with E-state index in [1.54, 1.807) is 6.07 Å². The Labute approximate surface area is 106 Å². The van der Waals surface area contributed by atoms with Crippen molar-refractivity contribution in [1.82, 2.24) is 9.97 Å². The van der Waals surface area contributed by atoms with E-state index in [2.05, 4.69) is 14.7 Å². The van der Waals surface area contributed by atoms with Crippen molar-refractivity contribution in [2.45, 2.75) is 13.5 Å². The van der Waals surface area contributed by atoms with Gasteiger partial charge in [0.15, 0.2) is 11.5 Å². The van der Waals surface area contributed by atoms with Gasteiger partial charge in [-0.2, -0.15) is 18.2 Å². The summed E-state index contributed by atoms with van der Waals surface area (Å²) in [5.74, 6) is -1.36. The molecule has 4 nitrogen and oxygen atoms in total. The predicted molar refractivity (Wildman–Crippen MR) is 59.9 cm³/mol. The summed E-state index contributed by atoms with van der Waals surface area (Å²) in [7, 11) is 0. The molecular formula is C12H9F3N2O2. The molecule has 1 aromatic carbocycles. The molecule has 0 radical (unpaired) electrons. The van der Waals surface area contributed by atoms with Gasteiger partial charge in [0.1, 0.15) is 6.33 Å². The minimum Gasteiger partial charge on any atom is -0.432 e. The highest BCUT2D eigenvalue weighted by Gasteiger charge is 2.14. The first-order valence-electron chi connectivity index (χ1n) is 5.26. The van der Waals surface area contributed by atoms with Gasteiger partial charge < -0.3 is 9.47 Å². The van der Waals surface area contributed by atoms with Gasteiger partial charge in [0.2, 0.25) is 5.82 Å². The normalized spacial score (nSPS) is 10.6. The zero-order chi connectivity index (χ0) is 13.8. The highest BCUT2D eigenvalue weighted by Crippen LogP contribution is 2.32. The molecule has 0 saturated heterocycles. The first kappa shape index (κ1) is 13.1. The van der Waals surface area contributed by atoms with E-state index in [1.165, 1.54) is 25.1 Å². The van der Waals surface area contributed by atoms with Crippen LogP contribution in [0, 0.1) is 12.7 Å². The Balaban J connectivity index is 2.30. The van der Waals surface area contributed by atoms with Gasteiger partial charge in [0.25, 0.3) is 5.88 Å². The van der Waals surface area contributed by atoms with Gasteiger partial charge in [-0.3, -0.25) is 0 Å². The van der Waals surface area contributed by atoms with Crippen molar-refractivity contribution in [3.63, 3.8) is 0 Å². The average molecular weight is 270 g/mol. The molecule has 7 heteroatoms. The van der Waals surface area contributed by atoms with Crippen LogP contribution in [0.3, 0.4) is 0 Å². The lowest BCUT2D eigenvalue weighted by molar-refractivity contribution is -0.0510. The molecular weight excluding hydrogens is 261 g/mol. The molecule has 0 fully saturated rings. The monoisotopic (exact) mass is 270 g/mol. The molecule has 0 unspecified atom stereocenters. The van der Waals surface area contributed by atoms with Crippen molar-refractivity contribution < 1.29 is 22.6 Å². The molecule has 0 bridgehead atoms. The number of aromatic nitrogens is 2. The van der Waals surface area contributed by atoms with Gasteiger partial charge in [0, 0.05) is 0 Å². The van der Waals surface area contributed by atoms with Crippen LogP contribution in [-0.2, 0) is 0 Å². The molecule has 0 atom stereocenters. The number of para-hydroxylation sites is 2. The summed E-state index contributed by atoms with van der Waals surface area (Å²) < 4.78 is 47.5. The smallest absolute Gasteiger partial charge is 0.387 e. The fourth-order valence-corrected chi connectivity index (χ4v) is 1.34. The van der Waals surface area contributed by atoms with Gasteiger partial charge in [0.05, 0.1) is 5.69 Å². The largest absolute Gasteiger partial charge is 0.432 e. The number of rotatable bonds is 4. The molecule has 1 heterocycles. The fourth-order valence-electron chi connectivity index (χ4n) is 1.34. The van der Waals surface area contributed by atoms with Crippen LogP contribution in [0.15, 0.2) is 30.6 Å². The van der Waals surface area contributed by atoms with Crippen LogP contribution in [0.5, 0.6) is 17.4 Å². The fraction of sp³-hybridized carbons (Fsp3) is 0.167. The lowest BCUT2D eigenvalue weighted by Crippen LogP contribution is -2.04. The molecule has 1 aromatic heterocycles. The van der Waals surface area contributed by atoms with Crippen molar-refractivity contribution in [3.05, 3.63) is 42.1 Å². The number of hydrogen-bond donors (Lipinski definition) is 0. The lowest BCUT2D eigenvalue weighted by Gasteiger charge is -2.11. The minimum atomic E-state index is -3.00. The van der Waals surface area contributed by atoms with Crippen molar-refractivity contribution in [2.24, 2.45) is 0 Å². The number of hydrogen-bond acceptors (Lipinski definition) is 4. The molecule has 0 saturated carbocycles. The van der Waals surface area contributed by atoms with E-state index >= 15 is 0 Å². The predicted octanol–water partition coefficient (Wildman–Crippen LogP) is 3.32. The molecule has 0 aliphatic rings. The Hall–Kier alpha value is -2.31. The molecule has 2 rings (SSSR count). The van der Waals surface area contributed by atoms with Crippen LogP contribution < -0.4 is 9.47 Å². The second kappa shape index (κ2) is 5.55. The minimum absolute atomic E-state index is 0.0557. The van der Waals surface area contributed by atoms with E-state index in [0.29, 0.717) is 0 Å². The van der Waals surface area contributed by atoms with Crippen molar-refractivity contribution >= 4 is 0 Å². The summed E-state index contributed by atoms with van der Waals surface area (Å²) in [6, 6.07) is 5.69. The number of aryl methyl sites for hydroxylation is 1. The van der Waals surface area contributed by atoms with Crippen LogP contribution in [0.25, 0.3) is 0 Å². The molecule has 19 heavy (non-hydrogen) atoms. The maximum absolute atomic E-state index is 13.6. The SMILES string of the molecule is Cc1ncnc(Oc2ccccc2OC(F)F)c1F. The number of benzene rings is 1. The standard InChI is InChI=1S/C12H9F3N2O2/c1-7-10(13)11(17-6-16-7)18-8-4-2-3-5-9(8)19-12(14)15/h2-6,12H,1H3. The van der Waals surface area contributed by atoms with Gasteiger partial charge >= 0.3 is 6.61 Å². The van der Waals surface area contributed by atoms with Crippen LogP contribution in [0.1, 0.15) is 5.69 Å². The highest BCUT2D eigenvalue weighted by molar-refractivity contribution is 5.41. The van der Waals surface area contributed by atoms with E-state index in [1.807, 2.05) is 0 Å². The molecule has 0 aliphatic carbocycles. The van der Waals surface area contributed by atoms with Crippen molar-refractivity contribution in [1.29, 1.82) is 0 Å². The quantitative estimate of drug-likeness (QED) is 0.854. The van der Waals surface area contributed by atoms with E-state index in [0.717, 1.165) is 6.33 Å². The van der Waals surface area contributed by atoms with E-state index < -0.39 is 12.4 Å². The first-order chi connectivity index (χ1) is 9.08. The molecule has 100 valence electrons. The average Bonchev–Trinajstić information content (AvgIpc) is 2.36. The number of ether oxygens (including phenoxy) is 2. The van der Waals surface area contributed by atoms with Crippen LogP contribution in [-0.4, -0.2) is 16.6 Å². The number of alkyl halides is 2. The second-order valence-corrected chi connectivity index (χ2v) is 3.51. The van der Waals surface area contributed by atoms with Crippen LogP contribution in [0.2, 0.25) is 0 Å². The van der Waals surface area contributed by atoms with Gasteiger partial charge in [-0.05, 0) is 19.1 Å². The van der Waals surface area contributed by atoms with Gasteiger partial charge in [-0.15, -0.1) is 0 Å². The summed E-state index contributed by atoms with van der Waals surface area (Å²) in [5.41, 5.74) is 0.0947. The number of halogens is 3. The Morgan fingerprint density at radius 3 is 2.47 bits per heavy atom. The highest BCUT2D eigenvalue weighted by atomic mass is 19.3. The maximum atomic E-state index is 13.6. The van der Waals surface area contributed by atoms with Crippen molar-refractivity contribution in [2.75, 3.05) is 0 Å². The van der Waals surface area contributed by atoms with E-state index in [-0.39, 0.29) is 23.1 Å². The Bertz CT molecular complexity index is 579. The van der Waals surface area contributed by atoms with E-state index in [9.17, 15) is 13.2 Å². The lowest BCUT2D eigenvalue weighted by atomic mass is 10.3. The van der Waals surface area contributed by atoms with Crippen LogP contribution >= 0.6 is 0 Å². The Kier molecular flexibility index (Phi) is 3.84. The summed E-state index contributed by atoms with van der Waals surface area (Å²) in [4.78, 5) is 7.24. The molecule has 0 aliphatic heterocycles. The molecule has 0 N–H and O–H groups in total. The summed E-state index contributed by atoms with van der Waals surface area (Å²) in [5, 5.41) is 0. The second-order valence-electron chi connectivity index (χ2n) is 3.51. The Morgan fingerprint density at radius 2 is 1.79 bits per heavy atom. The first-order valence-corrected chi connectivity index (χ1v) is 5.26. The third-order valence-corrected chi connectivity index (χ3v) is 2.20. The molecule has 0 amide bonds. The molecule has 0 spiro atoms. The van der Waals surface area contributed by atoms with Gasteiger partial charge in [-0.1, -0.05) is 12.1 Å². The number of nitrogens with zero attached hydrogens (tertiary/aromatic N) is 2. The maximum Gasteiger partial charge on any atom is 0.387 e. The van der Waals surface area contributed by atoms with Gasteiger partial charge in [-0.25, -0.2) is 4.98 Å². The third kappa shape index (κ3) is 3.12. The van der Waals surface area contributed by atoms with Crippen LogP contribution in [0.4, 0.5) is 13.2 Å². The Morgan fingerprint density at radius 1 is 1.11 bits per heavy atom. The zero-order valence-electron chi connectivity index (χ0n) is 9.81. The summed E-state index contributed by atoms with van der Waals surface area (Å²) in [6.07, 6.45) is 1.12. The summed E-state index contributed by atoms with van der Waals surface area (Å²) >= 11 is 0.